The van der Waals surface area contributed by atoms with Crippen molar-refractivity contribution in [1.29, 1.82) is 0 Å². The summed E-state index contributed by atoms with van der Waals surface area (Å²) >= 11 is 0. The van der Waals surface area contributed by atoms with Gasteiger partial charge < -0.3 is 15.1 Å². The number of aromatic nitrogens is 1. The number of carbonyl (C=O) groups is 1. The Balaban J connectivity index is 1.69. The lowest BCUT2D eigenvalue weighted by molar-refractivity contribution is -0.137. The molecule has 30 heavy (non-hydrogen) atoms. The zero-order valence-corrected chi connectivity index (χ0v) is 15.8. The van der Waals surface area contributed by atoms with E-state index in [9.17, 15) is 26.7 Å². The molecule has 0 spiro atoms. The minimum absolute atomic E-state index is 0.0672. The number of carbonyl (C=O) groups excluding carboxylic acids is 1. The summed E-state index contributed by atoms with van der Waals surface area (Å²) in [7, 11) is 0. The second-order valence-corrected chi connectivity index (χ2v) is 6.55. The normalized spacial score (nSPS) is 12.5. The Morgan fingerprint density at radius 3 is 2.43 bits per heavy atom. The molecule has 0 aliphatic carbocycles. The first-order chi connectivity index (χ1) is 14.0. The molecule has 1 amide bonds. The van der Waals surface area contributed by atoms with Crippen LogP contribution >= 0.6 is 0 Å². The van der Waals surface area contributed by atoms with E-state index in [1.807, 2.05) is 0 Å². The maximum atomic E-state index is 13.7. The van der Waals surface area contributed by atoms with Crippen LogP contribution in [-0.4, -0.2) is 10.9 Å². The molecule has 1 heterocycles. The molecule has 0 bridgehead atoms. The van der Waals surface area contributed by atoms with Crippen molar-refractivity contribution in [2.45, 2.75) is 26.1 Å². The number of halogens is 5. The number of rotatable bonds is 5. The summed E-state index contributed by atoms with van der Waals surface area (Å²) in [6.07, 6.45) is -3.50. The summed E-state index contributed by atoms with van der Waals surface area (Å²) in [5, 5.41) is 5.06. The second kappa shape index (κ2) is 8.13. The Labute approximate surface area is 167 Å². The van der Waals surface area contributed by atoms with Crippen molar-refractivity contribution in [2.75, 3.05) is 5.32 Å². The van der Waals surface area contributed by atoms with Crippen LogP contribution in [0.4, 0.5) is 33.7 Å². The van der Waals surface area contributed by atoms with E-state index in [0.717, 1.165) is 30.5 Å². The van der Waals surface area contributed by atoms with E-state index in [-0.39, 0.29) is 28.5 Å². The van der Waals surface area contributed by atoms with Crippen LogP contribution < -0.4 is 10.6 Å². The first-order valence-corrected chi connectivity index (χ1v) is 8.71. The first-order valence-electron chi connectivity index (χ1n) is 8.71. The van der Waals surface area contributed by atoms with E-state index in [1.54, 1.807) is 0 Å². The van der Waals surface area contributed by atoms with Gasteiger partial charge in [0.25, 0.3) is 11.9 Å². The summed E-state index contributed by atoms with van der Waals surface area (Å²) in [5.41, 5.74) is -0.862. The molecule has 0 saturated heterocycles. The maximum Gasteiger partial charge on any atom is 0.416 e. The summed E-state index contributed by atoms with van der Waals surface area (Å²) in [6, 6.07) is 5.67. The van der Waals surface area contributed by atoms with Gasteiger partial charge in [0.15, 0.2) is 5.69 Å². The van der Waals surface area contributed by atoms with Gasteiger partial charge in [-0.3, -0.25) is 4.79 Å². The van der Waals surface area contributed by atoms with E-state index >= 15 is 0 Å². The number of amides is 1. The molecule has 3 aromatic rings. The Kier molecular flexibility index (Phi) is 5.77. The third kappa shape index (κ3) is 4.76. The maximum absolute atomic E-state index is 13.7. The lowest BCUT2D eigenvalue weighted by Gasteiger charge is -2.14. The number of benzene rings is 2. The van der Waals surface area contributed by atoms with Crippen molar-refractivity contribution in [1.82, 2.24) is 10.3 Å². The Hall–Kier alpha value is -3.43. The van der Waals surface area contributed by atoms with Gasteiger partial charge >= 0.3 is 6.18 Å². The van der Waals surface area contributed by atoms with E-state index in [2.05, 4.69) is 15.6 Å². The molecule has 10 heteroatoms. The van der Waals surface area contributed by atoms with Crippen molar-refractivity contribution < 1.29 is 31.2 Å². The minimum Gasteiger partial charge on any atom is -0.431 e. The molecule has 5 nitrogen and oxygen atoms in total. The average molecular weight is 425 g/mol. The predicted octanol–water partition coefficient (Wildman–Crippen LogP) is 5.51. The van der Waals surface area contributed by atoms with Gasteiger partial charge in [-0.1, -0.05) is 6.07 Å². The molecule has 0 aliphatic heterocycles. The molecular weight excluding hydrogens is 409 g/mol. The standard InChI is InChI=1S/C20H16F5N3O2/c1-10-15(21)6-12(7-16(10)22)11(2)26-18(29)17-9-30-19(28-17)27-14-5-3-4-13(8-14)20(23,24)25/h3-9,11H,1-2H3,(H,26,29)(H,27,28). The van der Waals surface area contributed by atoms with Crippen LogP contribution in [0.2, 0.25) is 0 Å². The van der Waals surface area contributed by atoms with Gasteiger partial charge in [-0.25, -0.2) is 8.78 Å². The quantitative estimate of drug-likeness (QED) is 0.529. The van der Waals surface area contributed by atoms with Crippen LogP contribution in [0.5, 0.6) is 0 Å². The minimum atomic E-state index is -4.51. The third-order valence-corrected chi connectivity index (χ3v) is 4.33. The van der Waals surface area contributed by atoms with E-state index in [4.69, 9.17) is 4.42 Å². The molecule has 0 radical (unpaired) electrons. The number of alkyl halides is 3. The van der Waals surface area contributed by atoms with Crippen LogP contribution in [0.1, 0.15) is 40.1 Å². The summed E-state index contributed by atoms with van der Waals surface area (Å²) in [4.78, 5) is 16.2. The van der Waals surface area contributed by atoms with Gasteiger partial charge in [0, 0.05) is 11.3 Å². The summed E-state index contributed by atoms with van der Waals surface area (Å²) < 4.78 is 70.9. The van der Waals surface area contributed by atoms with Crippen LogP contribution in [0.3, 0.4) is 0 Å². The lowest BCUT2D eigenvalue weighted by atomic mass is 10.1. The van der Waals surface area contributed by atoms with Gasteiger partial charge in [-0.15, -0.1) is 0 Å². The zero-order chi connectivity index (χ0) is 22.1. The van der Waals surface area contributed by atoms with Crippen LogP contribution in [-0.2, 0) is 6.18 Å². The van der Waals surface area contributed by atoms with Gasteiger partial charge in [-0.05, 0) is 49.7 Å². The number of hydrogen-bond donors (Lipinski definition) is 2. The van der Waals surface area contributed by atoms with E-state index < -0.39 is 35.3 Å². The highest BCUT2D eigenvalue weighted by molar-refractivity contribution is 5.92. The molecular formula is C20H16F5N3O2. The molecule has 1 atom stereocenters. The molecule has 0 aliphatic rings. The third-order valence-electron chi connectivity index (χ3n) is 4.33. The SMILES string of the molecule is Cc1c(F)cc(C(C)NC(=O)c2coc(Nc3cccc(C(F)(F)F)c3)n2)cc1F. The molecule has 3 rings (SSSR count). The smallest absolute Gasteiger partial charge is 0.416 e. The van der Waals surface area contributed by atoms with Gasteiger partial charge in [0.1, 0.15) is 17.9 Å². The number of anilines is 2. The monoisotopic (exact) mass is 425 g/mol. The Morgan fingerprint density at radius 2 is 1.80 bits per heavy atom. The van der Waals surface area contributed by atoms with Crippen molar-refractivity contribution in [3.8, 4) is 0 Å². The van der Waals surface area contributed by atoms with Gasteiger partial charge in [-0.2, -0.15) is 18.2 Å². The van der Waals surface area contributed by atoms with Crippen molar-refractivity contribution in [3.05, 3.63) is 76.7 Å². The zero-order valence-electron chi connectivity index (χ0n) is 15.8. The fourth-order valence-electron chi connectivity index (χ4n) is 2.60. The highest BCUT2D eigenvalue weighted by atomic mass is 19.4. The molecule has 1 aromatic heterocycles. The van der Waals surface area contributed by atoms with Gasteiger partial charge in [0.05, 0.1) is 11.6 Å². The first kappa shape index (κ1) is 21.3. The topological polar surface area (TPSA) is 67.2 Å². The highest BCUT2D eigenvalue weighted by Crippen LogP contribution is 2.31. The van der Waals surface area contributed by atoms with E-state index in [1.165, 1.54) is 26.0 Å². The van der Waals surface area contributed by atoms with Crippen LogP contribution in [0.15, 0.2) is 47.1 Å². The fraction of sp³-hybridized carbons (Fsp3) is 0.200. The average Bonchev–Trinajstić information content (AvgIpc) is 3.13. The number of hydrogen-bond acceptors (Lipinski definition) is 4. The molecule has 0 fully saturated rings. The Morgan fingerprint density at radius 1 is 1.13 bits per heavy atom. The predicted molar refractivity (Wildman–Crippen MR) is 98.2 cm³/mol. The highest BCUT2D eigenvalue weighted by Gasteiger charge is 2.30. The van der Waals surface area contributed by atoms with Crippen molar-refractivity contribution in [3.63, 3.8) is 0 Å². The molecule has 2 N–H and O–H groups in total. The lowest BCUT2D eigenvalue weighted by Crippen LogP contribution is -2.27. The molecule has 158 valence electrons. The van der Waals surface area contributed by atoms with Gasteiger partial charge in [0.2, 0.25) is 0 Å². The fourth-order valence-corrected chi connectivity index (χ4v) is 2.60. The summed E-state index contributed by atoms with van der Waals surface area (Å²) in [5.74, 6) is -2.16. The van der Waals surface area contributed by atoms with Crippen LogP contribution in [0.25, 0.3) is 0 Å². The molecule has 0 saturated carbocycles. The van der Waals surface area contributed by atoms with Crippen LogP contribution in [0, 0.1) is 18.6 Å². The molecule has 1 unspecified atom stereocenters. The number of nitrogens with zero attached hydrogens (tertiary/aromatic N) is 1. The van der Waals surface area contributed by atoms with Crippen molar-refractivity contribution in [2.24, 2.45) is 0 Å². The largest absolute Gasteiger partial charge is 0.431 e. The molecule has 2 aromatic carbocycles. The van der Waals surface area contributed by atoms with Crippen molar-refractivity contribution >= 4 is 17.6 Å². The number of oxazole rings is 1. The summed E-state index contributed by atoms with van der Waals surface area (Å²) in [6.45, 7) is 2.83. The van der Waals surface area contributed by atoms with E-state index in [0.29, 0.717) is 0 Å². The second-order valence-electron chi connectivity index (χ2n) is 6.55. The Bertz CT molecular complexity index is 1060. The number of nitrogens with one attached hydrogen (secondary N) is 2.